The van der Waals surface area contributed by atoms with Crippen molar-refractivity contribution in [3.05, 3.63) is 5.82 Å². The highest BCUT2D eigenvalue weighted by atomic mass is 79.9. The lowest BCUT2D eigenvalue weighted by Gasteiger charge is -2.07. The lowest BCUT2D eigenvalue weighted by Crippen LogP contribution is -2.08. The Balaban J connectivity index is 2.86. The molecule has 0 N–H and O–H groups in total. The fourth-order valence-corrected chi connectivity index (χ4v) is 1.28. The normalized spacial score (nSPS) is 12.3. The van der Waals surface area contributed by atoms with E-state index in [1.807, 2.05) is 0 Å². The summed E-state index contributed by atoms with van der Waals surface area (Å²) in [6.45, 7) is 2.09. The molecule has 1 aromatic heterocycles. The molecule has 0 saturated heterocycles. The Morgan fingerprint density at radius 3 is 2.07 bits per heavy atom. The number of methoxy groups -OCH3 is 2. The molecule has 0 saturated carbocycles. The number of rotatable bonds is 5. The van der Waals surface area contributed by atoms with Gasteiger partial charge in [0.15, 0.2) is 0 Å². The first-order chi connectivity index (χ1) is 7.19. The SMILES string of the molecule is CCC(Br)Cc1nc(OC)nc(OC)n1. The number of hydrogen-bond donors (Lipinski definition) is 0. The van der Waals surface area contributed by atoms with E-state index in [0.717, 1.165) is 12.8 Å². The number of nitrogens with zero attached hydrogens (tertiary/aromatic N) is 3. The Kier molecular flexibility index (Phi) is 4.74. The zero-order chi connectivity index (χ0) is 11.3. The number of aromatic nitrogens is 3. The summed E-state index contributed by atoms with van der Waals surface area (Å²) in [6, 6.07) is 0.570. The molecule has 6 heteroatoms. The highest BCUT2D eigenvalue weighted by Crippen LogP contribution is 2.14. The van der Waals surface area contributed by atoms with E-state index < -0.39 is 0 Å². The van der Waals surface area contributed by atoms with Gasteiger partial charge in [-0.05, 0) is 6.42 Å². The Hall–Kier alpha value is -0.910. The monoisotopic (exact) mass is 275 g/mol. The van der Waals surface area contributed by atoms with E-state index >= 15 is 0 Å². The van der Waals surface area contributed by atoms with Gasteiger partial charge in [0, 0.05) is 11.2 Å². The standard InChI is InChI=1S/C9H14BrN3O2/c1-4-6(10)5-7-11-8(14-2)13-9(12-7)15-3/h6H,4-5H2,1-3H3. The van der Waals surface area contributed by atoms with E-state index in [2.05, 4.69) is 37.8 Å². The van der Waals surface area contributed by atoms with Gasteiger partial charge in [-0.2, -0.15) is 9.97 Å². The topological polar surface area (TPSA) is 57.1 Å². The molecular formula is C9H14BrN3O2. The van der Waals surface area contributed by atoms with Crippen LogP contribution in [0.25, 0.3) is 0 Å². The first-order valence-corrected chi connectivity index (χ1v) is 5.58. The average Bonchev–Trinajstić information content (AvgIpc) is 2.28. The Morgan fingerprint density at radius 2 is 1.67 bits per heavy atom. The highest BCUT2D eigenvalue weighted by Gasteiger charge is 2.10. The van der Waals surface area contributed by atoms with Crippen LogP contribution in [-0.4, -0.2) is 34.0 Å². The predicted octanol–water partition coefficient (Wildman–Crippen LogP) is 1.60. The van der Waals surface area contributed by atoms with Crippen LogP contribution in [0.3, 0.4) is 0 Å². The van der Waals surface area contributed by atoms with Gasteiger partial charge in [-0.15, -0.1) is 4.98 Å². The summed E-state index contributed by atoms with van der Waals surface area (Å²) in [5.41, 5.74) is 0. The number of hydrogen-bond acceptors (Lipinski definition) is 5. The Labute approximate surface area is 97.4 Å². The van der Waals surface area contributed by atoms with Gasteiger partial charge in [-0.1, -0.05) is 22.9 Å². The third kappa shape index (κ3) is 3.62. The molecule has 5 nitrogen and oxygen atoms in total. The number of alkyl halides is 1. The fourth-order valence-electron chi connectivity index (χ4n) is 0.994. The molecule has 0 fully saturated rings. The maximum atomic E-state index is 4.96. The second-order valence-corrected chi connectivity index (χ2v) is 4.23. The van der Waals surface area contributed by atoms with Crippen molar-refractivity contribution >= 4 is 15.9 Å². The summed E-state index contributed by atoms with van der Waals surface area (Å²) in [4.78, 5) is 12.5. The lowest BCUT2D eigenvalue weighted by molar-refractivity contribution is 0.336. The third-order valence-corrected chi connectivity index (χ3v) is 2.82. The fraction of sp³-hybridized carbons (Fsp3) is 0.667. The quantitative estimate of drug-likeness (QED) is 0.765. The van der Waals surface area contributed by atoms with E-state index in [1.54, 1.807) is 0 Å². The molecule has 1 unspecified atom stereocenters. The van der Waals surface area contributed by atoms with Gasteiger partial charge in [-0.25, -0.2) is 0 Å². The van der Waals surface area contributed by atoms with E-state index in [9.17, 15) is 0 Å². The summed E-state index contributed by atoms with van der Waals surface area (Å²) in [6.07, 6.45) is 1.74. The second-order valence-electron chi connectivity index (χ2n) is 2.93. The van der Waals surface area contributed by atoms with E-state index in [4.69, 9.17) is 9.47 Å². The van der Waals surface area contributed by atoms with Crippen LogP contribution >= 0.6 is 15.9 Å². The molecule has 0 aromatic carbocycles. The van der Waals surface area contributed by atoms with Crippen LogP contribution in [-0.2, 0) is 6.42 Å². The molecule has 0 bridgehead atoms. The van der Waals surface area contributed by atoms with E-state index in [-0.39, 0.29) is 12.0 Å². The van der Waals surface area contributed by atoms with E-state index in [1.165, 1.54) is 14.2 Å². The van der Waals surface area contributed by atoms with Gasteiger partial charge in [0.25, 0.3) is 0 Å². The molecule has 0 spiro atoms. The number of halogens is 1. The van der Waals surface area contributed by atoms with Crippen molar-refractivity contribution in [2.24, 2.45) is 0 Å². The molecule has 0 aliphatic carbocycles. The summed E-state index contributed by atoms with van der Waals surface area (Å²) in [5.74, 6) is 0.669. The van der Waals surface area contributed by atoms with Crippen molar-refractivity contribution < 1.29 is 9.47 Å². The zero-order valence-electron chi connectivity index (χ0n) is 9.03. The van der Waals surface area contributed by atoms with Crippen LogP contribution in [0.15, 0.2) is 0 Å². The molecule has 15 heavy (non-hydrogen) atoms. The molecule has 0 aliphatic rings. The predicted molar refractivity (Wildman–Crippen MR) is 59.6 cm³/mol. The van der Waals surface area contributed by atoms with Gasteiger partial charge in [0.2, 0.25) is 0 Å². The van der Waals surface area contributed by atoms with E-state index in [0.29, 0.717) is 10.7 Å². The summed E-state index contributed by atoms with van der Waals surface area (Å²) >= 11 is 3.52. The van der Waals surface area contributed by atoms with Crippen LogP contribution in [0.4, 0.5) is 0 Å². The zero-order valence-corrected chi connectivity index (χ0v) is 10.6. The van der Waals surface area contributed by atoms with Crippen LogP contribution in [0.5, 0.6) is 12.0 Å². The van der Waals surface area contributed by atoms with Gasteiger partial charge >= 0.3 is 12.0 Å². The van der Waals surface area contributed by atoms with Gasteiger partial charge in [0.05, 0.1) is 14.2 Å². The minimum Gasteiger partial charge on any atom is -0.467 e. The first kappa shape index (κ1) is 12.2. The molecule has 1 aromatic rings. The average molecular weight is 276 g/mol. The van der Waals surface area contributed by atoms with Crippen molar-refractivity contribution in [3.63, 3.8) is 0 Å². The van der Waals surface area contributed by atoms with Gasteiger partial charge in [-0.3, -0.25) is 0 Å². The molecule has 1 atom stereocenters. The Bertz CT molecular complexity index is 300. The van der Waals surface area contributed by atoms with Crippen molar-refractivity contribution in [1.29, 1.82) is 0 Å². The molecule has 0 radical (unpaired) electrons. The first-order valence-electron chi connectivity index (χ1n) is 4.66. The second kappa shape index (κ2) is 5.85. The maximum absolute atomic E-state index is 4.96. The molecule has 84 valence electrons. The maximum Gasteiger partial charge on any atom is 0.322 e. The molecule has 0 amide bonds. The van der Waals surface area contributed by atoms with Crippen molar-refractivity contribution in [2.75, 3.05) is 14.2 Å². The highest BCUT2D eigenvalue weighted by molar-refractivity contribution is 9.09. The van der Waals surface area contributed by atoms with Gasteiger partial charge in [0.1, 0.15) is 5.82 Å². The molecule has 1 heterocycles. The minimum atomic E-state index is 0.285. The smallest absolute Gasteiger partial charge is 0.322 e. The minimum absolute atomic E-state index is 0.285. The van der Waals surface area contributed by atoms with Crippen molar-refractivity contribution in [1.82, 2.24) is 15.0 Å². The van der Waals surface area contributed by atoms with Crippen LogP contribution in [0.2, 0.25) is 0 Å². The summed E-state index contributed by atoms with van der Waals surface area (Å²) in [7, 11) is 3.04. The van der Waals surface area contributed by atoms with Crippen LogP contribution in [0.1, 0.15) is 19.2 Å². The molecule has 1 rings (SSSR count). The van der Waals surface area contributed by atoms with Crippen molar-refractivity contribution in [3.8, 4) is 12.0 Å². The summed E-state index contributed by atoms with van der Waals surface area (Å²) < 4.78 is 9.91. The number of ether oxygens (including phenoxy) is 2. The van der Waals surface area contributed by atoms with Crippen LogP contribution < -0.4 is 9.47 Å². The largest absolute Gasteiger partial charge is 0.467 e. The molecule has 0 aliphatic heterocycles. The van der Waals surface area contributed by atoms with Crippen molar-refractivity contribution in [2.45, 2.75) is 24.6 Å². The lowest BCUT2D eigenvalue weighted by atomic mass is 10.2. The molecular weight excluding hydrogens is 262 g/mol. The third-order valence-electron chi connectivity index (χ3n) is 1.85. The Morgan fingerprint density at radius 1 is 1.13 bits per heavy atom. The summed E-state index contributed by atoms with van der Waals surface area (Å²) in [5, 5.41) is 0. The van der Waals surface area contributed by atoms with Crippen LogP contribution in [0, 0.1) is 0 Å². The van der Waals surface area contributed by atoms with Gasteiger partial charge < -0.3 is 9.47 Å².